The molecule has 0 fully saturated rings. The number of pyridine rings is 1. The molecular formula is C8H12AsN. The van der Waals surface area contributed by atoms with Crippen LogP contribution in [0.25, 0.3) is 0 Å². The molecule has 2 heteroatoms. The molecule has 0 aliphatic rings. The van der Waals surface area contributed by atoms with Gasteiger partial charge in [0, 0.05) is 0 Å². The van der Waals surface area contributed by atoms with Crippen LogP contribution in [0.5, 0.6) is 0 Å². The van der Waals surface area contributed by atoms with E-state index in [0.29, 0.717) is 0 Å². The predicted octanol–water partition coefficient (Wildman–Crippen LogP) is 0.832. The van der Waals surface area contributed by atoms with Crippen molar-refractivity contribution >= 4 is 16.9 Å². The quantitative estimate of drug-likeness (QED) is 0.607. The van der Waals surface area contributed by atoms with E-state index in [1.54, 1.807) is 16.9 Å². The Morgan fingerprint density at radius 2 is 2.20 bits per heavy atom. The molecule has 0 aliphatic heterocycles. The second-order valence-electron chi connectivity index (χ2n) is 2.46. The fourth-order valence-corrected chi connectivity index (χ4v) is 1.84. The van der Waals surface area contributed by atoms with Crippen LogP contribution in [0.2, 0.25) is 0 Å². The number of aromatic nitrogens is 1. The second-order valence-corrected chi connectivity index (χ2v) is 3.31. The number of nitrogens with zero attached hydrogens (tertiary/aromatic N) is 1. The van der Waals surface area contributed by atoms with Crippen LogP contribution in [0.1, 0.15) is 16.8 Å². The molecule has 1 nitrogen and oxygen atoms in total. The molecule has 10 heavy (non-hydrogen) atoms. The predicted molar refractivity (Wildman–Crippen MR) is 46.0 cm³/mol. The molecule has 54 valence electrons. The zero-order valence-corrected chi connectivity index (χ0v) is 8.81. The summed E-state index contributed by atoms with van der Waals surface area (Å²) in [6, 6.07) is 2.13. The van der Waals surface area contributed by atoms with E-state index in [0.717, 1.165) is 10.9 Å². The summed E-state index contributed by atoms with van der Waals surface area (Å²) in [5.41, 5.74) is 3.87. The molecule has 1 aromatic heterocycles. The van der Waals surface area contributed by atoms with Crippen LogP contribution in [-0.2, 0) is 5.21 Å². The molecule has 0 saturated heterocycles. The summed E-state index contributed by atoms with van der Waals surface area (Å²) in [5.74, 6) is 0. The van der Waals surface area contributed by atoms with Crippen molar-refractivity contribution in [1.29, 1.82) is 0 Å². The normalized spacial score (nSPS) is 9.90. The van der Waals surface area contributed by atoms with E-state index in [-0.39, 0.29) is 0 Å². The van der Waals surface area contributed by atoms with E-state index in [1.807, 2.05) is 13.1 Å². The summed E-state index contributed by atoms with van der Waals surface area (Å²) < 4.78 is 0. The fraction of sp³-hybridized carbons (Fsp3) is 0.375. The van der Waals surface area contributed by atoms with Crippen molar-refractivity contribution in [2.75, 3.05) is 0 Å². The van der Waals surface area contributed by atoms with Crippen molar-refractivity contribution in [1.82, 2.24) is 4.98 Å². The van der Waals surface area contributed by atoms with Gasteiger partial charge in [0.2, 0.25) is 0 Å². The van der Waals surface area contributed by atoms with Gasteiger partial charge in [0.05, 0.1) is 0 Å². The molecule has 1 atom stereocenters. The topological polar surface area (TPSA) is 12.9 Å². The molecule has 1 heterocycles. The van der Waals surface area contributed by atoms with Crippen molar-refractivity contribution in [3.8, 4) is 0 Å². The van der Waals surface area contributed by atoms with Crippen LogP contribution in [0.4, 0.5) is 0 Å². The maximum absolute atomic E-state index is 4.22. The first-order valence-electron chi connectivity index (χ1n) is 3.36. The van der Waals surface area contributed by atoms with Crippen LogP contribution in [0.15, 0.2) is 12.3 Å². The third-order valence-electron chi connectivity index (χ3n) is 1.58. The van der Waals surface area contributed by atoms with Gasteiger partial charge in [-0.05, 0) is 0 Å². The molecule has 1 rings (SSSR count). The van der Waals surface area contributed by atoms with Crippen molar-refractivity contribution < 1.29 is 0 Å². The Morgan fingerprint density at radius 3 is 2.70 bits per heavy atom. The summed E-state index contributed by atoms with van der Waals surface area (Å²) >= 11 is 1.74. The molecule has 1 unspecified atom stereocenters. The molecule has 0 N–H and O–H groups in total. The van der Waals surface area contributed by atoms with Crippen molar-refractivity contribution in [3.63, 3.8) is 0 Å². The average molecular weight is 197 g/mol. The van der Waals surface area contributed by atoms with Gasteiger partial charge in [0.25, 0.3) is 0 Å². The summed E-state index contributed by atoms with van der Waals surface area (Å²) in [6.07, 6.45) is 1.98. The molecule has 0 spiro atoms. The van der Waals surface area contributed by atoms with Crippen LogP contribution in [0.3, 0.4) is 0 Å². The maximum atomic E-state index is 4.22. The Hall–Kier alpha value is -0.292. The third-order valence-corrected chi connectivity index (χ3v) is 2.50. The first-order valence-corrected chi connectivity index (χ1v) is 5.07. The van der Waals surface area contributed by atoms with Gasteiger partial charge in [-0.25, -0.2) is 0 Å². The molecule has 0 aromatic carbocycles. The van der Waals surface area contributed by atoms with Gasteiger partial charge >= 0.3 is 70.0 Å². The van der Waals surface area contributed by atoms with E-state index in [9.17, 15) is 0 Å². The van der Waals surface area contributed by atoms with Gasteiger partial charge in [-0.1, -0.05) is 0 Å². The third kappa shape index (κ3) is 1.60. The first kappa shape index (κ1) is 7.81. The Balaban J connectivity index is 3.07. The summed E-state index contributed by atoms with van der Waals surface area (Å²) in [6.45, 7) is 4.17. The number of hydrogen-bond acceptors (Lipinski definition) is 1. The van der Waals surface area contributed by atoms with Gasteiger partial charge in [-0.15, -0.1) is 0 Å². The van der Waals surface area contributed by atoms with E-state index in [1.165, 1.54) is 11.1 Å². The van der Waals surface area contributed by atoms with Crippen LogP contribution >= 0.6 is 0 Å². The summed E-state index contributed by atoms with van der Waals surface area (Å²) in [4.78, 5) is 4.22. The summed E-state index contributed by atoms with van der Waals surface area (Å²) in [7, 11) is 0. The molecular weight excluding hydrogens is 185 g/mol. The van der Waals surface area contributed by atoms with Gasteiger partial charge in [0.1, 0.15) is 0 Å². The Kier molecular flexibility index (Phi) is 2.50. The molecule has 1 aromatic rings. The number of rotatable bonds is 1. The van der Waals surface area contributed by atoms with Crippen molar-refractivity contribution in [3.05, 3.63) is 29.1 Å². The van der Waals surface area contributed by atoms with E-state index in [4.69, 9.17) is 0 Å². The molecule has 0 bridgehead atoms. The van der Waals surface area contributed by atoms with Crippen molar-refractivity contribution in [2.24, 2.45) is 0 Å². The van der Waals surface area contributed by atoms with Crippen molar-refractivity contribution in [2.45, 2.75) is 19.1 Å². The Bertz CT molecular complexity index is 233. The van der Waals surface area contributed by atoms with Gasteiger partial charge in [0.15, 0.2) is 0 Å². The van der Waals surface area contributed by atoms with Gasteiger partial charge in [-0.2, -0.15) is 0 Å². The first-order chi connectivity index (χ1) is 4.74. The molecule has 0 saturated carbocycles. The minimum atomic E-state index is 1.11. The Morgan fingerprint density at radius 1 is 1.50 bits per heavy atom. The molecule has 0 radical (unpaired) electrons. The SMILES string of the molecule is Cc1cc(C)c(C[AsH2])cn1. The number of hydrogen-bond donors (Lipinski definition) is 0. The average Bonchev–Trinajstić information content (AvgIpc) is 1.88. The van der Waals surface area contributed by atoms with Gasteiger partial charge in [-0.3, -0.25) is 0 Å². The standard InChI is InChI=1S/C8H12AsN/c1-6-3-7(2)10-5-8(6)4-9/h3,5H,4,9H2,1-2H3. The van der Waals surface area contributed by atoms with Crippen LogP contribution in [0, 0.1) is 13.8 Å². The molecule has 0 aliphatic carbocycles. The van der Waals surface area contributed by atoms with Gasteiger partial charge < -0.3 is 0 Å². The zero-order valence-electron chi connectivity index (χ0n) is 6.39. The van der Waals surface area contributed by atoms with E-state index < -0.39 is 0 Å². The number of aryl methyl sites for hydroxylation is 2. The molecule has 0 amide bonds. The zero-order chi connectivity index (χ0) is 7.56. The second kappa shape index (κ2) is 3.20. The van der Waals surface area contributed by atoms with E-state index in [2.05, 4.69) is 18.0 Å². The fourth-order valence-electron chi connectivity index (χ4n) is 0.939. The monoisotopic (exact) mass is 197 g/mol. The van der Waals surface area contributed by atoms with E-state index >= 15 is 0 Å². The minimum absolute atomic E-state index is 1.11. The van der Waals surface area contributed by atoms with Crippen LogP contribution < -0.4 is 0 Å². The van der Waals surface area contributed by atoms with Crippen LogP contribution in [-0.4, -0.2) is 21.8 Å². The Labute approximate surface area is 70.4 Å². The summed E-state index contributed by atoms with van der Waals surface area (Å²) in [5, 5.41) is 1.14.